The Balaban J connectivity index is 2.34. The maximum absolute atomic E-state index is 13.1. The topological polar surface area (TPSA) is 80.0 Å². The number of nitrogens with zero attached hydrogens (tertiary/aromatic N) is 4. The van der Waals surface area contributed by atoms with Gasteiger partial charge in [-0.15, -0.1) is 0 Å². The zero-order valence-corrected chi connectivity index (χ0v) is 11.3. The summed E-state index contributed by atoms with van der Waals surface area (Å²) in [6.07, 6.45) is 2.11. The molecule has 2 aromatic heterocycles. The van der Waals surface area contributed by atoms with Gasteiger partial charge in [-0.1, -0.05) is 19.1 Å². The molecule has 0 saturated carbocycles. The number of fused-ring (bicyclic) bond motifs is 1. The molecule has 2 heterocycles. The third-order valence-electron chi connectivity index (χ3n) is 3.34. The van der Waals surface area contributed by atoms with Crippen LogP contribution < -0.4 is 5.73 Å². The summed E-state index contributed by atoms with van der Waals surface area (Å²) >= 11 is 0. The minimum absolute atomic E-state index is 0.255. The molecular weight excluding hydrogens is 269 g/mol. The van der Waals surface area contributed by atoms with E-state index in [1.54, 1.807) is 12.1 Å². The van der Waals surface area contributed by atoms with Crippen molar-refractivity contribution in [1.29, 1.82) is 5.26 Å². The molecule has 0 unspecified atom stereocenters. The van der Waals surface area contributed by atoms with Crippen molar-refractivity contribution >= 4 is 11.5 Å². The standard InChI is InChI=1S/C15H12FN5/c1-2-12-13(9-3-5-11(16)6-4-9)15-19-8-10(7-17)14(18)21(15)20-12/h3-6,8H,2,18H2,1H3. The molecule has 0 atom stereocenters. The van der Waals surface area contributed by atoms with E-state index in [4.69, 9.17) is 11.0 Å². The highest BCUT2D eigenvalue weighted by Gasteiger charge is 2.17. The Labute approximate surface area is 120 Å². The van der Waals surface area contributed by atoms with Crippen molar-refractivity contribution in [3.05, 3.63) is 47.5 Å². The zero-order chi connectivity index (χ0) is 15.0. The van der Waals surface area contributed by atoms with Gasteiger partial charge in [-0.05, 0) is 24.1 Å². The molecule has 0 aliphatic rings. The van der Waals surface area contributed by atoms with Crippen LogP contribution in [0.4, 0.5) is 10.2 Å². The van der Waals surface area contributed by atoms with Crippen LogP contribution in [0.25, 0.3) is 16.8 Å². The van der Waals surface area contributed by atoms with Gasteiger partial charge in [-0.2, -0.15) is 14.9 Å². The average molecular weight is 281 g/mol. The fourth-order valence-corrected chi connectivity index (χ4v) is 2.29. The van der Waals surface area contributed by atoms with Crippen molar-refractivity contribution in [3.8, 4) is 17.2 Å². The SMILES string of the molecule is CCc1nn2c(N)c(C#N)cnc2c1-c1ccc(F)cc1. The maximum Gasteiger partial charge on any atom is 0.165 e. The molecule has 21 heavy (non-hydrogen) atoms. The fourth-order valence-electron chi connectivity index (χ4n) is 2.29. The summed E-state index contributed by atoms with van der Waals surface area (Å²) in [4.78, 5) is 4.28. The molecule has 0 aliphatic carbocycles. The summed E-state index contributed by atoms with van der Waals surface area (Å²) in [5.74, 6) is -0.0435. The number of benzene rings is 1. The van der Waals surface area contributed by atoms with Crippen LogP contribution in [0.3, 0.4) is 0 Å². The van der Waals surface area contributed by atoms with Gasteiger partial charge in [0, 0.05) is 5.56 Å². The largest absolute Gasteiger partial charge is 0.382 e. The van der Waals surface area contributed by atoms with Crippen LogP contribution in [-0.2, 0) is 6.42 Å². The lowest BCUT2D eigenvalue weighted by Gasteiger charge is -2.03. The second-order valence-corrected chi connectivity index (χ2v) is 4.59. The molecule has 0 bridgehead atoms. The van der Waals surface area contributed by atoms with Gasteiger partial charge in [0.2, 0.25) is 0 Å². The third kappa shape index (κ3) is 1.99. The second-order valence-electron chi connectivity index (χ2n) is 4.59. The summed E-state index contributed by atoms with van der Waals surface area (Å²) in [6.45, 7) is 1.97. The van der Waals surface area contributed by atoms with Crippen molar-refractivity contribution < 1.29 is 4.39 Å². The van der Waals surface area contributed by atoms with Gasteiger partial charge in [-0.25, -0.2) is 9.37 Å². The highest BCUT2D eigenvalue weighted by molar-refractivity contribution is 5.81. The van der Waals surface area contributed by atoms with E-state index in [1.165, 1.54) is 22.8 Å². The van der Waals surface area contributed by atoms with Gasteiger partial charge >= 0.3 is 0 Å². The van der Waals surface area contributed by atoms with E-state index in [2.05, 4.69) is 10.1 Å². The van der Waals surface area contributed by atoms with Crippen LogP contribution in [0, 0.1) is 17.1 Å². The number of nitrogen functional groups attached to an aromatic ring is 1. The molecule has 6 heteroatoms. The number of nitriles is 1. The molecule has 0 amide bonds. The van der Waals surface area contributed by atoms with E-state index in [9.17, 15) is 4.39 Å². The van der Waals surface area contributed by atoms with Crippen LogP contribution in [0.15, 0.2) is 30.5 Å². The highest BCUT2D eigenvalue weighted by Crippen LogP contribution is 2.29. The number of halogens is 1. The number of nitrogens with two attached hydrogens (primary N) is 1. The summed E-state index contributed by atoms with van der Waals surface area (Å²) in [5, 5.41) is 13.4. The van der Waals surface area contributed by atoms with Gasteiger partial charge in [0.05, 0.1) is 11.9 Å². The molecule has 0 aliphatic heterocycles. The number of anilines is 1. The summed E-state index contributed by atoms with van der Waals surface area (Å²) in [5.41, 5.74) is 9.22. The molecule has 1 aromatic carbocycles. The number of aromatic nitrogens is 3. The molecular formula is C15H12FN5. The van der Waals surface area contributed by atoms with Gasteiger partial charge < -0.3 is 5.73 Å². The van der Waals surface area contributed by atoms with Gasteiger partial charge in [0.15, 0.2) is 5.65 Å². The van der Waals surface area contributed by atoms with Gasteiger partial charge in [0.1, 0.15) is 23.3 Å². The van der Waals surface area contributed by atoms with E-state index < -0.39 is 0 Å². The maximum atomic E-state index is 13.1. The minimum atomic E-state index is -0.299. The van der Waals surface area contributed by atoms with Crippen molar-refractivity contribution in [3.63, 3.8) is 0 Å². The molecule has 5 nitrogen and oxygen atoms in total. The smallest absolute Gasteiger partial charge is 0.165 e. The Morgan fingerprint density at radius 3 is 2.67 bits per heavy atom. The number of hydrogen-bond acceptors (Lipinski definition) is 4. The second kappa shape index (κ2) is 4.87. The van der Waals surface area contributed by atoms with Crippen LogP contribution in [-0.4, -0.2) is 14.6 Å². The number of hydrogen-bond donors (Lipinski definition) is 1. The van der Waals surface area contributed by atoms with E-state index >= 15 is 0 Å². The first-order valence-corrected chi connectivity index (χ1v) is 6.47. The fraction of sp³-hybridized carbons (Fsp3) is 0.133. The van der Waals surface area contributed by atoms with Crippen molar-refractivity contribution in [2.45, 2.75) is 13.3 Å². The molecule has 0 radical (unpaired) electrons. The van der Waals surface area contributed by atoms with Crippen LogP contribution in [0.5, 0.6) is 0 Å². The summed E-state index contributed by atoms with van der Waals surface area (Å²) in [7, 11) is 0. The third-order valence-corrected chi connectivity index (χ3v) is 3.34. The predicted octanol–water partition coefficient (Wildman–Crippen LogP) is 2.55. The molecule has 0 saturated heterocycles. The first kappa shape index (κ1) is 13.1. The Morgan fingerprint density at radius 2 is 2.05 bits per heavy atom. The minimum Gasteiger partial charge on any atom is -0.382 e. The molecule has 3 aromatic rings. The lowest BCUT2D eigenvalue weighted by molar-refractivity contribution is 0.628. The van der Waals surface area contributed by atoms with Crippen molar-refractivity contribution in [2.75, 3.05) is 5.73 Å². The van der Waals surface area contributed by atoms with Gasteiger partial charge in [0.25, 0.3) is 0 Å². The Hall–Kier alpha value is -2.94. The van der Waals surface area contributed by atoms with E-state index in [0.717, 1.165) is 16.8 Å². The first-order chi connectivity index (χ1) is 10.2. The van der Waals surface area contributed by atoms with Crippen molar-refractivity contribution in [2.24, 2.45) is 0 Å². The predicted molar refractivity (Wildman–Crippen MR) is 76.9 cm³/mol. The zero-order valence-electron chi connectivity index (χ0n) is 11.3. The van der Waals surface area contributed by atoms with E-state index in [-0.39, 0.29) is 17.2 Å². The molecule has 0 fully saturated rings. The Kier molecular flexibility index (Phi) is 3.03. The normalized spacial score (nSPS) is 10.7. The lowest BCUT2D eigenvalue weighted by Crippen LogP contribution is -2.03. The first-order valence-electron chi connectivity index (χ1n) is 6.47. The molecule has 0 spiro atoms. The molecule has 104 valence electrons. The van der Waals surface area contributed by atoms with Gasteiger partial charge in [-0.3, -0.25) is 0 Å². The molecule has 2 N–H and O–H groups in total. The summed E-state index contributed by atoms with van der Waals surface area (Å²) in [6, 6.07) is 8.14. The monoisotopic (exact) mass is 281 g/mol. The Bertz CT molecular complexity index is 858. The number of aryl methyl sites for hydroxylation is 1. The van der Waals surface area contributed by atoms with Crippen LogP contribution in [0.1, 0.15) is 18.2 Å². The lowest BCUT2D eigenvalue weighted by atomic mass is 10.0. The van der Waals surface area contributed by atoms with E-state index in [1.807, 2.05) is 13.0 Å². The van der Waals surface area contributed by atoms with Crippen LogP contribution in [0.2, 0.25) is 0 Å². The van der Waals surface area contributed by atoms with Crippen molar-refractivity contribution in [1.82, 2.24) is 14.6 Å². The van der Waals surface area contributed by atoms with E-state index in [0.29, 0.717) is 12.1 Å². The molecule has 3 rings (SSSR count). The Morgan fingerprint density at radius 1 is 1.33 bits per heavy atom. The average Bonchev–Trinajstić information content (AvgIpc) is 2.88. The summed E-state index contributed by atoms with van der Waals surface area (Å²) < 4.78 is 14.6. The highest BCUT2D eigenvalue weighted by atomic mass is 19.1. The number of rotatable bonds is 2. The van der Waals surface area contributed by atoms with Crippen LogP contribution >= 0.6 is 0 Å². The quantitative estimate of drug-likeness (QED) is 0.782.